The number of carbonyl (C=O) groups is 1. The molecule has 4 heteroatoms. The molecule has 19 heavy (non-hydrogen) atoms. The van der Waals surface area contributed by atoms with Crippen LogP contribution in [0.15, 0.2) is 29.2 Å². The zero-order valence-electron chi connectivity index (χ0n) is 12.0. The standard InChI is InChI=1S/C15H23NO2S/c1-4-7-12-19(18)14-11-9-8-10-13(14)15(17)16(5-2)6-3/h8-11H,4-7,12H2,1-3H3. The first kappa shape index (κ1) is 15.9. The van der Waals surface area contributed by atoms with Gasteiger partial charge in [-0.25, -0.2) is 0 Å². The Labute approximate surface area is 118 Å². The van der Waals surface area contributed by atoms with Gasteiger partial charge in [-0.2, -0.15) is 0 Å². The molecule has 1 unspecified atom stereocenters. The topological polar surface area (TPSA) is 37.4 Å². The lowest BCUT2D eigenvalue weighted by atomic mass is 10.2. The van der Waals surface area contributed by atoms with Crippen molar-refractivity contribution < 1.29 is 9.00 Å². The summed E-state index contributed by atoms with van der Waals surface area (Å²) in [4.78, 5) is 14.8. The summed E-state index contributed by atoms with van der Waals surface area (Å²) < 4.78 is 12.3. The molecule has 3 nitrogen and oxygen atoms in total. The minimum absolute atomic E-state index is 0.0227. The fourth-order valence-corrected chi connectivity index (χ4v) is 3.31. The summed E-state index contributed by atoms with van der Waals surface area (Å²) in [5.41, 5.74) is 0.584. The van der Waals surface area contributed by atoms with Gasteiger partial charge in [-0.05, 0) is 32.4 Å². The van der Waals surface area contributed by atoms with Crippen molar-refractivity contribution in [3.63, 3.8) is 0 Å². The van der Waals surface area contributed by atoms with Crippen LogP contribution in [0.3, 0.4) is 0 Å². The molecule has 0 radical (unpaired) electrons. The Balaban J connectivity index is 3.01. The minimum Gasteiger partial charge on any atom is -0.339 e. The normalized spacial score (nSPS) is 12.2. The lowest BCUT2D eigenvalue weighted by Crippen LogP contribution is -2.31. The molecule has 0 bridgehead atoms. The predicted molar refractivity (Wildman–Crippen MR) is 79.9 cm³/mol. The lowest BCUT2D eigenvalue weighted by molar-refractivity contribution is 0.0769. The van der Waals surface area contributed by atoms with E-state index in [9.17, 15) is 9.00 Å². The second-order valence-corrected chi connectivity index (χ2v) is 5.92. The number of hydrogen-bond acceptors (Lipinski definition) is 2. The highest BCUT2D eigenvalue weighted by Crippen LogP contribution is 2.17. The summed E-state index contributed by atoms with van der Waals surface area (Å²) in [6.45, 7) is 7.33. The number of hydrogen-bond donors (Lipinski definition) is 0. The van der Waals surface area contributed by atoms with Gasteiger partial charge in [-0.15, -0.1) is 0 Å². The van der Waals surface area contributed by atoms with Gasteiger partial charge in [0.25, 0.3) is 5.91 Å². The molecular weight excluding hydrogens is 258 g/mol. The van der Waals surface area contributed by atoms with Crippen LogP contribution in [0.4, 0.5) is 0 Å². The largest absolute Gasteiger partial charge is 0.339 e. The van der Waals surface area contributed by atoms with Crippen LogP contribution in [0.5, 0.6) is 0 Å². The monoisotopic (exact) mass is 281 g/mol. The molecule has 1 rings (SSSR count). The lowest BCUT2D eigenvalue weighted by Gasteiger charge is -2.20. The highest BCUT2D eigenvalue weighted by molar-refractivity contribution is 7.85. The summed E-state index contributed by atoms with van der Waals surface area (Å²) in [5, 5.41) is 0. The van der Waals surface area contributed by atoms with E-state index < -0.39 is 10.8 Å². The Kier molecular flexibility index (Phi) is 6.78. The molecule has 0 aliphatic heterocycles. The smallest absolute Gasteiger partial charge is 0.255 e. The van der Waals surface area contributed by atoms with Gasteiger partial charge in [-0.1, -0.05) is 25.5 Å². The molecule has 0 aromatic heterocycles. The molecule has 0 fully saturated rings. The number of amides is 1. The fourth-order valence-electron chi connectivity index (χ4n) is 1.91. The zero-order chi connectivity index (χ0) is 14.3. The Morgan fingerprint density at radius 2 is 1.79 bits per heavy atom. The van der Waals surface area contributed by atoms with Gasteiger partial charge >= 0.3 is 0 Å². The highest BCUT2D eigenvalue weighted by atomic mass is 32.2. The summed E-state index contributed by atoms with van der Waals surface area (Å²) in [6, 6.07) is 7.26. The number of rotatable bonds is 7. The van der Waals surface area contributed by atoms with Crippen molar-refractivity contribution in [1.82, 2.24) is 4.90 Å². The van der Waals surface area contributed by atoms with Crippen molar-refractivity contribution in [3.05, 3.63) is 29.8 Å². The Hall–Kier alpha value is -1.16. The molecule has 1 amide bonds. The van der Waals surface area contributed by atoms with E-state index in [-0.39, 0.29) is 5.91 Å². The predicted octanol–water partition coefficient (Wildman–Crippen LogP) is 3.08. The van der Waals surface area contributed by atoms with Crippen LogP contribution in [0.1, 0.15) is 44.0 Å². The quantitative estimate of drug-likeness (QED) is 0.770. The van der Waals surface area contributed by atoms with Crippen molar-refractivity contribution in [2.24, 2.45) is 0 Å². The van der Waals surface area contributed by atoms with Crippen LogP contribution in [-0.4, -0.2) is 33.9 Å². The second-order valence-electron chi connectivity index (χ2n) is 4.38. The molecule has 0 aliphatic carbocycles. The van der Waals surface area contributed by atoms with Crippen molar-refractivity contribution >= 4 is 16.7 Å². The van der Waals surface area contributed by atoms with Gasteiger partial charge in [0.15, 0.2) is 0 Å². The fraction of sp³-hybridized carbons (Fsp3) is 0.533. The molecule has 106 valence electrons. The molecule has 1 aromatic rings. The zero-order valence-corrected chi connectivity index (χ0v) is 12.8. The SMILES string of the molecule is CCCCS(=O)c1ccccc1C(=O)N(CC)CC. The third-order valence-electron chi connectivity index (χ3n) is 3.10. The molecular formula is C15H23NO2S. The average molecular weight is 281 g/mol. The third kappa shape index (κ3) is 4.16. The first-order chi connectivity index (χ1) is 9.15. The van der Waals surface area contributed by atoms with E-state index in [0.717, 1.165) is 12.8 Å². The second kappa shape index (κ2) is 8.10. The van der Waals surface area contributed by atoms with Gasteiger partial charge in [0.05, 0.1) is 21.3 Å². The molecule has 1 aromatic carbocycles. The molecule has 0 saturated heterocycles. The van der Waals surface area contributed by atoms with Gasteiger partial charge in [0.2, 0.25) is 0 Å². The maximum absolute atomic E-state index is 12.4. The van der Waals surface area contributed by atoms with Crippen molar-refractivity contribution in [2.75, 3.05) is 18.8 Å². The molecule has 0 heterocycles. The van der Waals surface area contributed by atoms with Gasteiger partial charge in [0, 0.05) is 18.8 Å². The number of nitrogens with zero attached hydrogens (tertiary/aromatic N) is 1. The van der Waals surface area contributed by atoms with Gasteiger partial charge in [0.1, 0.15) is 0 Å². The maximum Gasteiger partial charge on any atom is 0.255 e. The maximum atomic E-state index is 12.4. The van der Waals surface area contributed by atoms with Crippen LogP contribution in [-0.2, 0) is 10.8 Å². The Bertz CT molecular complexity index is 442. The van der Waals surface area contributed by atoms with Crippen LogP contribution in [0.25, 0.3) is 0 Å². The average Bonchev–Trinajstić information content (AvgIpc) is 2.45. The Morgan fingerprint density at radius 3 is 2.37 bits per heavy atom. The van der Waals surface area contributed by atoms with Crippen molar-refractivity contribution in [1.29, 1.82) is 0 Å². The molecule has 1 atom stereocenters. The van der Waals surface area contributed by atoms with Crippen LogP contribution < -0.4 is 0 Å². The van der Waals surface area contributed by atoms with Gasteiger partial charge in [-0.3, -0.25) is 9.00 Å². The summed E-state index contributed by atoms with van der Waals surface area (Å²) in [6.07, 6.45) is 1.93. The van der Waals surface area contributed by atoms with Crippen LogP contribution >= 0.6 is 0 Å². The van der Waals surface area contributed by atoms with E-state index >= 15 is 0 Å². The summed E-state index contributed by atoms with van der Waals surface area (Å²) in [5.74, 6) is 0.601. The minimum atomic E-state index is -1.08. The Morgan fingerprint density at radius 1 is 1.16 bits per heavy atom. The first-order valence-corrected chi connectivity index (χ1v) is 8.24. The third-order valence-corrected chi connectivity index (χ3v) is 4.60. The van der Waals surface area contributed by atoms with E-state index in [0.29, 0.717) is 29.3 Å². The van der Waals surface area contributed by atoms with E-state index in [1.165, 1.54) is 0 Å². The molecule has 0 spiro atoms. The highest BCUT2D eigenvalue weighted by Gasteiger charge is 2.18. The van der Waals surface area contributed by atoms with Crippen LogP contribution in [0.2, 0.25) is 0 Å². The van der Waals surface area contributed by atoms with Crippen molar-refractivity contribution in [2.45, 2.75) is 38.5 Å². The van der Waals surface area contributed by atoms with E-state index in [1.54, 1.807) is 11.0 Å². The first-order valence-electron chi connectivity index (χ1n) is 6.92. The number of carbonyl (C=O) groups excluding carboxylic acids is 1. The van der Waals surface area contributed by atoms with E-state index in [4.69, 9.17) is 0 Å². The van der Waals surface area contributed by atoms with Gasteiger partial charge < -0.3 is 4.90 Å². The number of benzene rings is 1. The van der Waals surface area contributed by atoms with Crippen molar-refractivity contribution in [3.8, 4) is 0 Å². The van der Waals surface area contributed by atoms with Crippen LogP contribution in [0, 0.1) is 0 Å². The molecule has 0 N–H and O–H groups in total. The molecule has 0 saturated carbocycles. The van der Waals surface area contributed by atoms with E-state index in [2.05, 4.69) is 6.92 Å². The summed E-state index contributed by atoms with van der Waals surface area (Å²) in [7, 11) is -1.08. The number of unbranched alkanes of at least 4 members (excludes halogenated alkanes) is 1. The molecule has 0 aliphatic rings. The summed E-state index contributed by atoms with van der Waals surface area (Å²) >= 11 is 0. The van der Waals surface area contributed by atoms with E-state index in [1.807, 2.05) is 32.0 Å².